The molecule has 0 bridgehead atoms. The van der Waals surface area contributed by atoms with Crippen molar-refractivity contribution in [3.63, 3.8) is 0 Å². The number of phenolic OH excluding ortho intramolecular Hbond substituents is 1. The Morgan fingerprint density at radius 1 is 1.00 bits per heavy atom. The molecule has 2 aliphatic rings. The molecule has 16 heteroatoms. The summed E-state index contributed by atoms with van der Waals surface area (Å²) in [6.07, 6.45) is -7.30. The number of ether oxygens (including phenoxy) is 6. The number of esters is 2. The summed E-state index contributed by atoms with van der Waals surface area (Å²) >= 11 is 0. The maximum atomic E-state index is 13.5. The zero-order chi connectivity index (χ0) is 33.5. The first-order chi connectivity index (χ1) is 21.4. The lowest BCUT2D eigenvalue weighted by molar-refractivity contribution is -0.383. The lowest BCUT2D eigenvalue weighted by Gasteiger charge is -2.43. The molecule has 0 spiro atoms. The van der Waals surface area contributed by atoms with Crippen molar-refractivity contribution in [2.24, 2.45) is 0 Å². The Morgan fingerprint density at radius 2 is 1.71 bits per heavy atom. The summed E-state index contributed by atoms with van der Waals surface area (Å²) in [6.45, 7) is 3.88. The van der Waals surface area contributed by atoms with Crippen LogP contribution in [-0.4, -0.2) is 134 Å². The van der Waals surface area contributed by atoms with Crippen LogP contribution in [0.2, 0.25) is 0 Å². The largest absolute Gasteiger partial charge is 0.504 e. The maximum Gasteiger partial charge on any atom is 0.342 e. The van der Waals surface area contributed by atoms with E-state index in [2.05, 4.69) is 6.58 Å². The highest BCUT2D eigenvalue weighted by atomic mass is 16.8. The average Bonchev–Trinajstić information content (AvgIpc) is 3.27. The average molecular weight is 643 g/mol. The van der Waals surface area contributed by atoms with Gasteiger partial charge in [0.2, 0.25) is 11.5 Å². The molecule has 0 saturated carbocycles. The van der Waals surface area contributed by atoms with E-state index < -0.39 is 98.1 Å². The summed E-state index contributed by atoms with van der Waals surface area (Å²) in [4.78, 5) is 25.5. The third-order valence-electron chi connectivity index (χ3n) is 7.00. The molecule has 45 heavy (non-hydrogen) atoms. The SMILES string of the molecule is C=CC(=O)Oc1c(O)cc(/C=C/C)c(C(=O)OC[C@H]2O[C@H](O[C@]3(CO)O[C@H](CO)[C@@H](O)[C@@H]3O)[C@H](O)[C@@H](O)[C@@H]2O)c1OC/C=C/C. The van der Waals surface area contributed by atoms with Crippen molar-refractivity contribution in [3.8, 4) is 17.2 Å². The number of hydrogen-bond donors (Lipinski definition) is 8. The minimum atomic E-state index is -2.41. The smallest absolute Gasteiger partial charge is 0.342 e. The summed E-state index contributed by atoms with van der Waals surface area (Å²) < 4.78 is 32.5. The van der Waals surface area contributed by atoms with Gasteiger partial charge in [-0.1, -0.05) is 30.9 Å². The third kappa shape index (κ3) is 7.70. The standard InChI is InChI=1S/C29H38O16/c1-4-7-9-40-25-19(14(8-5-2)10-15(32)24(25)43-18(33)6-3)27(39)41-12-17-20(34)22(36)23(37)28(42-17)45-29(13-31)26(38)21(35)16(11-30)44-29/h4-8,10,16-17,20-23,26,28,30-32,34-38H,3,9,11-13H2,1-2H3/b7-4+,8-5+/t16-,17-,20-,21-,22+,23-,26+,28-,29+/m1/s1. The maximum absolute atomic E-state index is 13.5. The molecule has 8 N–H and O–H groups in total. The fourth-order valence-corrected chi connectivity index (χ4v) is 4.62. The molecule has 3 rings (SSSR count). The lowest BCUT2D eigenvalue weighted by atomic mass is 9.98. The molecule has 9 atom stereocenters. The Labute approximate surface area is 257 Å². The number of rotatable bonds is 13. The number of phenols is 1. The molecule has 2 saturated heterocycles. The Hall–Kier alpha value is -3.42. The molecule has 2 fully saturated rings. The van der Waals surface area contributed by atoms with E-state index in [1.54, 1.807) is 32.1 Å². The minimum absolute atomic E-state index is 0.0879. The highest BCUT2D eigenvalue weighted by Crippen LogP contribution is 2.43. The second-order valence-corrected chi connectivity index (χ2v) is 10.00. The predicted molar refractivity (Wildman–Crippen MR) is 151 cm³/mol. The van der Waals surface area contributed by atoms with Gasteiger partial charge in [-0.25, -0.2) is 9.59 Å². The van der Waals surface area contributed by atoms with Crippen LogP contribution in [0.1, 0.15) is 29.8 Å². The summed E-state index contributed by atoms with van der Waals surface area (Å²) in [5.41, 5.74) is -0.211. The molecule has 0 unspecified atom stereocenters. The zero-order valence-electron chi connectivity index (χ0n) is 24.5. The topological polar surface area (TPSA) is 251 Å². The van der Waals surface area contributed by atoms with Crippen LogP contribution in [0.3, 0.4) is 0 Å². The summed E-state index contributed by atoms with van der Waals surface area (Å²) in [6, 6.07) is 1.12. The number of aliphatic hydroxyl groups excluding tert-OH is 7. The molecule has 2 aliphatic heterocycles. The number of aromatic hydroxyl groups is 1. The van der Waals surface area contributed by atoms with Crippen molar-refractivity contribution < 1.29 is 78.9 Å². The van der Waals surface area contributed by atoms with Crippen LogP contribution in [0.4, 0.5) is 0 Å². The molecule has 0 aliphatic carbocycles. The summed E-state index contributed by atoms with van der Waals surface area (Å²) in [7, 11) is 0. The molecule has 16 nitrogen and oxygen atoms in total. The van der Waals surface area contributed by atoms with Gasteiger partial charge in [-0.05, 0) is 25.5 Å². The van der Waals surface area contributed by atoms with Crippen molar-refractivity contribution in [3.05, 3.63) is 48.1 Å². The van der Waals surface area contributed by atoms with Gasteiger partial charge in [-0.15, -0.1) is 0 Å². The van der Waals surface area contributed by atoms with E-state index in [0.717, 1.165) is 12.1 Å². The first-order valence-corrected chi connectivity index (χ1v) is 13.8. The fraction of sp³-hybridized carbons (Fsp3) is 0.517. The number of carbonyl (C=O) groups is 2. The first-order valence-electron chi connectivity index (χ1n) is 13.8. The van der Waals surface area contributed by atoms with Crippen LogP contribution in [0.5, 0.6) is 17.2 Å². The van der Waals surface area contributed by atoms with Crippen LogP contribution in [0.25, 0.3) is 6.08 Å². The van der Waals surface area contributed by atoms with Crippen molar-refractivity contribution in [1.82, 2.24) is 0 Å². The zero-order valence-corrected chi connectivity index (χ0v) is 24.5. The molecule has 0 amide bonds. The number of aliphatic hydroxyl groups is 7. The molecule has 1 aromatic carbocycles. The van der Waals surface area contributed by atoms with Crippen LogP contribution < -0.4 is 9.47 Å². The van der Waals surface area contributed by atoms with Crippen LogP contribution in [0, 0.1) is 0 Å². The summed E-state index contributed by atoms with van der Waals surface area (Å²) in [5, 5.41) is 82.0. The minimum Gasteiger partial charge on any atom is -0.504 e. The molecule has 250 valence electrons. The number of hydrogen-bond acceptors (Lipinski definition) is 16. The van der Waals surface area contributed by atoms with Crippen LogP contribution in [-0.2, 0) is 23.7 Å². The van der Waals surface area contributed by atoms with Gasteiger partial charge in [0.05, 0.1) is 6.61 Å². The van der Waals surface area contributed by atoms with Crippen molar-refractivity contribution >= 4 is 18.0 Å². The third-order valence-corrected chi connectivity index (χ3v) is 7.00. The van der Waals surface area contributed by atoms with Gasteiger partial charge in [0, 0.05) is 6.08 Å². The second-order valence-electron chi connectivity index (χ2n) is 10.00. The van der Waals surface area contributed by atoms with E-state index >= 15 is 0 Å². The van der Waals surface area contributed by atoms with Crippen molar-refractivity contribution in [1.29, 1.82) is 0 Å². The number of carbonyl (C=O) groups excluding carboxylic acids is 2. The highest BCUT2D eigenvalue weighted by Gasteiger charge is 2.58. The highest BCUT2D eigenvalue weighted by molar-refractivity contribution is 5.99. The van der Waals surface area contributed by atoms with Crippen LogP contribution >= 0.6 is 0 Å². The van der Waals surface area contributed by atoms with Gasteiger partial charge >= 0.3 is 11.9 Å². The number of allylic oxidation sites excluding steroid dienone is 2. The van der Waals surface area contributed by atoms with Gasteiger partial charge in [-0.2, -0.15) is 0 Å². The number of benzene rings is 1. The molecular weight excluding hydrogens is 604 g/mol. The van der Waals surface area contributed by atoms with E-state index in [9.17, 15) is 50.4 Å². The van der Waals surface area contributed by atoms with E-state index in [4.69, 9.17) is 28.4 Å². The quantitative estimate of drug-likeness (QED) is 0.0514. The van der Waals surface area contributed by atoms with Gasteiger partial charge in [0.25, 0.3) is 0 Å². The summed E-state index contributed by atoms with van der Waals surface area (Å²) in [5.74, 6) is -5.90. The van der Waals surface area contributed by atoms with E-state index in [-0.39, 0.29) is 23.5 Å². The van der Waals surface area contributed by atoms with Gasteiger partial charge in [0.15, 0.2) is 17.8 Å². The van der Waals surface area contributed by atoms with E-state index in [0.29, 0.717) is 0 Å². The van der Waals surface area contributed by atoms with E-state index in [1.165, 1.54) is 6.08 Å². The van der Waals surface area contributed by atoms with Gasteiger partial charge in [-0.3, -0.25) is 0 Å². The molecule has 0 radical (unpaired) electrons. The predicted octanol–water partition coefficient (Wildman–Crippen LogP) is -1.75. The molecular formula is C29H38O16. The second kappa shape index (κ2) is 15.7. The Balaban J connectivity index is 1.91. The van der Waals surface area contributed by atoms with Gasteiger partial charge < -0.3 is 69.3 Å². The Bertz CT molecular complexity index is 1260. The van der Waals surface area contributed by atoms with Gasteiger partial charge in [0.1, 0.15) is 68.1 Å². The first kappa shape index (κ1) is 36.1. The molecule has 2 heterocycles. The van der Waals surface area contributed by atoms with E-state index in [1.807, 2.05) is 0 Å². The fourth-order valence-electron chi connectivity index (χ4n) is 4.62. The Kier molecular flexibility index (Phi) is 12.6. The monoisotopic (exact) mass is 642 g/mol. The van der Waals surface area contributed by atoms with Crippen LogP contribution in [0.15, 0.2) is 36.9 Å². The molecule has 1 aromatic rings. The van der Waals surface area contributed by atoms with Crippen molar-refractivity contribution in [2.75, 3.05) is 26.4 Å². The Morgan fingerprint density at radius 3 is 2.29 bits per heavy atom. The normalized spacial score (nSPS) is 31.8. The van der Waals surface area contributed by atoms with Crippen molar-refractivity contribution in [2.45, 2.75) is 68.7 Å². The lowest BCUT2D eigenvalue weighted by Crippen LogP contribution is -2.62. The molecule has 0 aromatic heterocycles.